The number of carbonyl (C=O) groups is 3. The van der Waals surface area contributed by atoms with E-state index in [0.717, 1.165) is 10.5 Å². The van der Waals surface area contributed by atoms with Gasteiger partial charge in [-0.25, -0.2) is 0 Å². The summed E-state index contributed by atoms with van der Waals surface area (Å²) < 4.78 is 14.6. The highest BCUT2D eigenvalue weighted by molar-refractivity contribution is 8.00. The molecule has 2 aromatic rings. The van der Waals surface area contributed by atoms with Crippen molar-refractivity contribution in [2.75, 3.05) is 19.5 Å². The minimum absolute atomic E-state index is 0.0444. The SMILES string of the molecule is COC(=O)CCC1(c2ccc(OC)cc2)Sc2ccccc2NC(=O)C1OC(C)=O. The van der Waals surface area contributed by atoms with Crippen molar-refractivity contribution in [2.24, 2.45) is 0 Å². The lowest BCUT2D eigenvalue weighted by molar-refractivity contribution is -0.154. The number of anilines is 1. The van der Waals surface area contributed by atoms with Gasteiger partial charge in [0.1, 0.15) is 5.75 Å². The maximum absolute atomic E-state index is 13.2. The van der Waals surface area contributed by atoms with E-state index in [2.05, 4.69) is 5.32 Å². The van der Waals surface area contributed by atoms with Crippen LogP contribution in [0, 0.1) is 0 Å². The van der Waals surface area contributed by atoms with Gasteiger partial charge in [0, 0.05) is 18.2 Å². The summed E-state index contributed by atoms with van der Waals surface area (Å²) in [5, 5.41) is 2.85. The van der Waals surface area contributed by atoms with Crippen molar-refractivity contribution in [2.45, 2.75) is 35.5 Å². The molecule has 1 aliphatic heterocycles. The van der Waals surface area contributed by atoms with Crippen molar-refractivity contribution in [3.8, 4) is 5.75 Å². The number of nitrogens with one attached hydrogen (secondary N) is 1. The monoisotopic (exact) mass is 429 g/mol. The minimum atomic E-state index is -1.16. The van der Waals surface area contributed by atoms with Crippen molar-refractivity contribution in [3.05, 3.63) is 54.1 Å². The fourth-order valence-electron chi connectivity index (χ4n) is 3.43. The van der Waals surface area contributed by atoms with Crippen molar-refractivity contribution >= 4 is 35.3 Å². The van der Waals surface area contributed by atoms with E-state index in [1.807, 2.05) is 30.3 Å². The molecule has 1 amide bonds. The van der Waals surface area contributed by atoms with Gasteiger partial charge in [0.25, 0.3) is 5.91 Å². The second kappa shape index (κ2) is 9.21. The number of rotatable bonds is 6. The summed E-state index contributed by atoms with van der Waals surface area (Å²) in [5.41, 5.74) is 1.36. The molecule has 0 spiro atoms. The standard InChI is InChI=1S/C22H23NO6S/c1-14(24)29-20-21(26)23-17-6-4-5-7-18(17)30-22(20,13-12-19(25)28-3)15-8-10-16(27-2)11-9-15/h4-11,20H,12-13H2,1-3H3,(H,23,26). The molecule has 7 nitrogen and oxygen atoms in total. The largest absolute Gasteiger partial charge is 0.497 e. The molecule has 0 aromatic heterocycles. The van der Waals surface area contributed by atoms with Crippen LogP contribution in [-0.2, 0) is 28.6 Å². The topological polar surface area (TPSA) is 90.9 Å². The normalized spacial score (nSPS) is 20.4. The van der Waals surface area contributed by atoms with Crippen LogP contribution in [0.4, 0.5) is 5.69 Å². The number of hydrogen-bond acceptors (Lipinski definition) is 7. The molecule has 2 unspecified atom stereocenters. The molecule has 0 aliphatic carbocycles. The number of para-hydroxylation sites is 1. The lowest BCUT2D eigenvalue weighted by Gasteiger charge is -2.37. The molecule has 158 valence electrons. The zero-order chi connectivity index (χ0) is 21.7. The Kier molecular flexibility index (Phi) is 6.66. The van der Waals surface area contributed by atoms with E-state index in [1.165, 1.54) is 25.8 Å². The number of thioether (sulfide) groups is 1. The van der Waals surface area contributed by atoms with E-state index in [9.17, 15) is 14.4 Å². The number of hydrogen-bond donors (Lipinski definition) is 1. The molecule has 1 heterocycles. The Balaban J connectivity index is 2.19. The highest BCUT2D eigenvalue weighted by Crippen LogP contribution is 2.52. The van der Waals surface area contributed by atoms with E-state index in [-0.39, 0.29) is 12.8 Å². The molecular weight excluding hydrogens is 406 g/mol. The highest BCUT2D eigenvalue weighted by Gasteiger charge is 2.50. The van der Waals surface area contributed by atoms with Crippen LogP contribution in [0.5, 0.6) is 5.75 Å². The fraction of sp³-hybridized carbons (Fsp3) is 0.318. The number of esters is 2. The number of methoxy groups -OCH3 is 2. The number of benzene rings is 2. The molecule has 30 heavy (non-hydrogen) atoms. The Hall–Kier alpha value is -3.00. The summed E-state index contributed by atoms with van der Waals surface area (Å²) >= 11 is 1.39. The van der Waals surface area contributed by atoms with Crippen LogP contribution in [0.1, 0.15) is 25.3 Å². The summed E-state index contributed by atoms with van der Waals surface area (Å²) in [6.07, 6.45) is -0.899. The second-order valence-corrected chi connectivity index (χ2v) is 8.14. The third kappa shape index (κ3) is 4.43. The maximum Gasteiger partial charge on any atom is 0.305 e. The molecule has 0 bridgehead atoms. The molecule has 0 saturated carbocycles. The molecule has 2 aromatic carbocycles. The van der Waals surface area contributed by atoms with Crippen LogP contribution in [0.3, 0.4) is 0 Å². The third-order valence-corrected chi connectivity index (χ3v) is 6.48. The molecule has 1 aliphatic rings. The first-order chi connectivity index (χ1) is 14.4. The molecule has 0 saturated heterocycles. The van der Waals surface area contributed by atoms with Gasteiger partial charge in [-0.3, -0.25) is 14.4 Å². The average Bonchev–Trinajstić information content (AvgIpc) is 2.87. The number of amides is 1. The smallest absolute Gasteiger partial charge is 0.305 e. The van der Waals surface area contributed by atoms with Crippen LogP contribution in [0.15, 0.2) is 53.4 Å². The molecule has 2 atom stereocenters. The molecule has 1 N–H and O–H groups in total. The van der Waals surface area contributed by atoms with Crippen molar-refractivity contribution in [1.82, 2.24) is 0 Å². The summed E-state index contributed by atoms with van der Waals surface area (Å²) in [7, 11) is 2.88. The first-order valence-electron chi connectivity index (χ1n) is 9.37. The van der Waals surface area contributed by atoms with Crippen LogP contribution < -0.4 is 10.1 Å². The van der Waals surface area contributed by atoms with Crippen LogP contribution in [0.25, 0.3) is 0 Å². The Labute approximate surface area is 179 Å². The zero-order valence-electron chi connectivity index (χ0n) is 17.0. The fourth-order valence-corrected chi connectivity index (χ4v) is 4.92. The van der Waals surface area contributed by atoms with Crippen LogP contribution >= 0.6 is 11.8 Å². The number of ether oxygens (including phenoxy) is 3. The molecule has 0 fully saturated rings. The van der Waals surface area contributed by atoms with Gasteiger partial charge >= 0.3 is 11.9 Å². The average molecular weight is 429 g/mol. The van der Waals surface area contributed by atoms with Gasteiger partial charge in [-0.05, 0) is 36.2 Å². The molecule has 3 rings (SSSR count). The van der Waals surface area contributed by atoms with Crippen LogP contribution in [0.2, 0.25) is 0 Å². The summed E-state index contributed by atoms with van der Waals surface area (Å²) in [6, 6.07) is 14.5. The van der Waals surface area contributed by atoms with E-state index in [1.54, 1.807) is 25.3 Å². The van der Waals surface area contributed by atoms with Crippen LogP contribution in [-0.4, -0.2) is 38.2 Å². The van der Waals surface area contributed by atoms with Gasteiger partial charge in [-0.2, -0.15) is 0 Å². The van der Waals surface area contributed by atoms with E-state index >= 15 is 0 Å². The summed E-state index contributed by atoms with van der Waals surface area (Å²) in [5.74, 6) is -0.807. The quantitative estimate of drug-likeness (QED) is 0.703. The van der Waals surface area contributed by atoms with E-state index in [4.69, 9.17) is 14.2 Å². The zero-order valence-corrected chi connectivity index (χ0v) is 17.8. The second-order valence-electron chi connectivity index (χ2n) is 6.77. The first-order valence-corrected chi connectivity index (χ1v) is 10.2. The van der Waals surface area contributed by atoms with Crippen molar-refractivity contribution in [1.29, 1.82) is 0 Å². The van der Waals surface area contributed by atoms with Gasteiger partial charge in [0.2, 0.25) is 0 Å². The van der Waals surface area contributed by atoms with Gasteiger partial charge in [0.15, 0.2) is 6.10 Å². The minimum Gasteiger partial charge on any atom is -0.497 e. The van der Waals surface area contributed by atoms with E-state index in [0.29, 0.717) is 11.4 Å². The predicted octanol–water partition coefficient (Wildman–Crippen LogP) is 3.52. The Morgan fingerprint density at radius 3 is 2.43 bits per heavy atom. The van der Waals surface area contributed by atoms with E-state index < -0.39 is 28.7 Å². The Morgan fingerprint density at radius 1 is 1.10 bits per heavy atom. The summed E-state index contributed by atoms with van der Waals surface area (Å²) in [4.78, 5) is 37.9. The summed E-state index contributed by atoms with van der Waals surface area (Å²) in [6.45, 7) is 1.26. The third-order valence-electron chi connectivity index (χ3n) is 4.89. The van der Waals surface area contributed by atoms with Gasteiger partial charge in [0.05, 0.1) is 24.7 Å². The Morgan fingerprint density at radius 2 is 1.80 bits per heavy atom. The van der Waals surface area contributed by atoms with Gasteiger partial charge in [-0.15, -0.1) is 11.8 Å². The maximum atomic E-state index is 13.2. The first kappa shape index (κ1) is 21.7. The van der Waals surface area contributed by atoms with Crippen molar-refractivity contribution in [3.63, 3.8) is 0 Å². The lowest BCUT2D eigenvalue weighted by atomic mass is 9.87. The number of carbonyl (C=O) groups excluding carboxylic acids is 3. The molecular formula is C22H23NO6S. The molecule has 0 radical (unpaired) electrons. The van der Waals surface area contributed by atoms with Gasteiger partial charge < -0.3 is 19.5 Å². The highest BCUT2D eigenvalue weighted by atomic mass is 32.2. The number of fused-ring (bicyclic) bond motifs is 1. The lowest BCUT2D eigenvalue weighted by Crippen LogP contribution is -2.46. The molecule has 8 heteroatoms. The van der Waals surface area contributed by atoms with Gasteiger partial charge in [-0.1, -0.05) is 24.3 Å². The predicted molar refractivity (Wildman–Crippen MR) is 112 cm³/mol. The van der Waals surface area contributed by atoms with Crippen molar-refractivity contribution < 1.29 is 28.6 Å². The Bertz CT molecular complexity index is 945.